The molecule has 4 rings (SSSR count). The summed E-state index contributed by atoms with van der Waals surface area (Å²) in [4.78, 5) is 8.35. The number of benzene rings is 1. The van der Waals surface area contributed by atoms with E-state index in [1.807, 2.05) is 31.2 Å². The molecule has 0 aliphatic carbocycles. The van der Waals surface area contributed by atoms with Crippen LogP contribution in [0.1, 0.15) is 43.1 Å². The first-order valence-electron chi connectivity index (χ1n) is 9.19. The van der Waals surface area contributed by atoms with Gasteiger partial charge in [-0.05, 0) is 25.5 Å². The van der Waals surface area contributed by atoms with Gasteiger partial charge in [0.2, 0.25) is 10.8 Å². The van der Waals surface area contributed by atoms with Gasteiger partial charge in [0, 0.05) is 24.5 Å². The maximum Gasteiger partial charge on any atom is 0.230 e. The van der Waals surface area contributed by atoms with Crippen molar-refractivity contribution in [3.63, 3.8) is 0 Å². The standard InChI is InChI=1S/C19H23ClN4O2S/c1-4-15-21-19-24(22-15)18(25)17(27-19)16(13-7-5-6-8-14(13)20)23-9-11(2)26-12(3)10-23/h5-8,11-12,16,25H,4,9-10H2,1-3H3. The van der Waals surface area contributed by atoms with Crippen LogP contribution in [0.4, 0.5) is 0 Å². The molecule has 0 spiro atoms. The van der Waals surface area contributed by atoms with E-state index in [1.54, 1.807) is 0 Å². The number of hydrogen-bond acceptors (Lipinski definition) is 6. The van der Waals surface area contributed by atoms with Crippen molar-refractivity contribution in [2.75, 3.05) is 13.1 Å². The summed E-state index contributed by atoms with van der Waals surface area (Å²) in [5, 5.41) is 16.1. The van der Waals surface area contributed by atoms with Crippen LogP contribution in [0.5, 0.6) is 5.88 Å². The summed E-state index contributed by atoms with van der Waals surface area (Å²) >= 11 is 8.03. The number of aromatic hydroxyl groups is 1. The lowest BCUT2D eigenvalue weighted by atomic mass is 10.0. The molecule has 1 aromatic carbocycles. The van der Waals surface area contributed by atoms with Gasteiger partial charge in [0.05, 0.1) is 23.1 Å². The molecule has 8 heteroatoms. The van der Waals surface area contributed by atoms with Gasteiger partial charge in [-0.2, -0.15) is 4.52 Å². The highest BCUT2D eigenvalue weighted by atomic mass is 35.5. The molecule has 0 bridgehead atoms. The summed E-state index contributed by atoms with van der Waals surface area (Å²) in [6, 6.07) is 7.63. The zero-order valence-corrected chi connectivity index (χ0v) is 17.2. The van der Waals surface area contributed by atoms with Crippen molar-refractivity contribution in [2.24, 2.45) is 0 Å². The third kappa shape index (κ3) is 3.45. The molecule has 1 aliphatic rings. The minimum Gasteiger partial charge on any atom is -0.492 e. The average molecular weight is 407 g/mol. The Labute approximate surface area is 167 Å². The molecule has 1 N–H and O–H groups in total. The Morgan fingerprint density at radius 3 is 2.63 bits per heavy atom. The quantitative estimate of drug-likeness (QED) is 0.711. The van der Waals surface area contributed by atoms with Crippen molar-refractivity contribution in [3.05, 3.63) is 45.6 Å². The van der Waals surface area contributed by atoms with Crippen LogP contribution >= 0.6 is 22.9 Å². The summed E-state index contributed by atoms with van der Waals surface area (Å²) in [6.45, 7) is 7.66. The Balaban J connectivity index is 1.84. The molecule has 2 aromatic heterocycles. The van der Waals surface area contributed by atoms with Crippen LogP contribution in [0.15, 0.2) is 24.3 Å². The molecule has 3 aromatic rings. The molecule has 3 heterocycles. The van der Waals surface area contributed by atoms with E-state index in [-0.39, 0.29) is 24.1 Å². The minimum absolute atomic E-state index is 0.106. The average Bonchev–Trinajstić information content (AvgIpc) is 3.16. The van der Waals surface area contributed by atoms with Crippen LogP contribution in [0.2, 0.25) is 5.02 Å². The van der Waals surface area contributed by atoms with E-state index in [4.69, 9.17) is 16.3 Å². The molecule has 144 valence electrons. The Kier molecular flexibility index (Phi) is 5.11. The zero-order chi connectivity index (χ0) is 19.1. The van der Waals surface area contributed by atoms with E-state index in [2.05, 4.69) is 28.8 Å². The van der Waals surface area contributed by atoms with Crippen molar-refractivity contribution in [1.82, 2.24) is 19.5 Å². The summed E-state index contributed by atoms with van der Waals surface area (Å²) in [5.74, 6) is 0.866. The van der Waals surface area contributed by atoms with Crippen molar-refractivity contribution >= 4 is 27.9 Å². The van der Waals surface area contributed by atoms with Crippen molar-refractivity contribution in [2.45, 2.75) is 45.4 Å². The van der Waals surface area contributed by atoms with E-state index in [9.17, 15) is 5.11 Å². The van der Waals surface area contributed by atoms with Gasteiger partial charge in [0.25, 0.3) is 0 Å². The molecule has 3 atom stereocenters. The number of morpholine rings is 1. The monoisotopic (exact) mass is 406 g/mol. The van der Waals surface area contributed by atoms with E-state index in [0.29, 0.717) is 9.98 Å². The van der Waals surface area contributed by atoms with E-state index in [1.165, 1.54) is 15.9 Å². The number of fused-ring (bicyclic) bond motifs is 1. The molecule has 1 saturated heterocycles. The van der Waals surface area contributed by atoms with Gasteiger partial charge >= 0.3 is 0 Å². The van der Waals surface area contributed by atoms with Crippen LogP contribution < -0.4 is 0 Å². The largest absolute Gasteiger partial charge is 0.492 e. The fourth-order valence-corrected chi connectivity index (χ4v) is 5.11. The van der Waals surface area contributed by atoms with Crippen LogP contribution in [-0.4, -0.2) is 49.9 Å². The molecule has 0 amide bonds. The molecule has 6 nitrogen and oxygen atoms in total. The fraction of sp³-hybridized carbons (Fsp3) is 0.474. The first-order valence-corrected chi connectivity index (χ1v) is 10.4. The Hall–Kier alpha value is -1.67. The van der Waals surface area contributed by atoms with Crippen molar-refractivity contribution in [3.8, 4) is 5.88 Å². The maximum atomic E-state index is 11.0. The molecule has 3 unspecified atom stereocenters. The second-order valence-corrected chi connectivity index (χ2v) is 8.42. The first kappa shape index (κ1) is 18.7. The Morgan fingerprint density at radius 1 is 1.30 bits per heavy atom. The van der Waals surface area contributed by atoms with Crippen molar-refractivity contribution in [1.29, 1.82) is 0 Å². The number of nitrogens with zero attached hydrogens (tertiary/aromatic N) is 4. The van der Waals surface area contributed by atoms with Crippen LogP contribution in [0.3, 0.4) is 0 Å². The van der Waals surface area contributed by atoms with Gasteiger partial charge in [-0.3, -0.25) is 4.90 Å². The number of aromatic nitrogens is 3. The number of thiazole rings is 1. The molecule has 0 radical (unpaired) electrons. The summed E-state index contributed by atoms with van der Waals surface area (Å²) in [7, 11) is 0. The lowest BCUT2D eigenvalue weighted by Gasteiger charge is -2.40. The lowest BCUT2D eigenvalue weighted by molar-refractivity contribution is -0.0764. The molecular formula is C19H23ClN4O2S. The summed E-state index contributed by atoms with van der Waals surface area (Å²) in [6.07, 6.45) is 0.944. The number of rotatable bonds is 4. The summed E-state index contributed by atoms with van der Waals surface area (Å²) < 4.78 is 7.45. The first-order chi connectivity index (χ1) is 13.0. The molecule has 1 fully saturated rings. The van der Waals surface area contributed by atoms with E-state index in [0.717, 1.165) is 35.8 Å². The van der Waals surface area contributed by atoms with Crippen LogP contribution in [0, 0.1) is 0 Å². The van der Waals surface area contributed by atoms with Gasteiger partial charge in [-0.25, -0.2) is 4.98 Å². The third-order valence-electron chi connectivity index (χ3n) is 4.82. The topological polar surface area (TPSA) is 62.9 Å². The third-order valence-corrected chi connectivity index (χ3v) is 6.24. The molecular weight excluding hydrogens is 384 g/mol. The van der Waals surface area contributed by atoms with Crippen molar-refractivity contribution < 1.29 is 9.84 Å². The maximum absolute atomic E-state index is 11.0. The smallest absolute Gasteiger partial charge is 0.230 e. The van der Waals surface area contributed by atoms with Gasteiger partial charge in [0.1, 0.15) is 0 Å². The number of halogens is 1. The second kappa shape index (κ2) is 7.39. The van der Waals surface area contributed by atoms with Gasteiger partial charge in [-0.1, -0.05) is 48.1 Å². The highest BCUT2D eigenvalue weighted by molar-refractivity contribution is 7.17. The molecule has 0 saturated carbocycles. The normalized spacial score (nSPS) is 22.4. The predicted octanol–water partition coefficient (Wildman–Crippen LogP) is 3.91. The number of aryl methyl sites for hydroxylation is 1. The van der Waals surface area contributed by atoms with Gasteiger partial charge in [0.15, 0.2) is 5.82 Å². The minimum atomic E-state index is -0.175. The number of ether oxygens (including phenoxy) is 1. The van der Waals surface area contributed by atoms with Gasteiger partial charge in [-0.15, -0.1) is 5.10 Å². The highest BCUT2D eigenvalue weighted by Crippen LogP contribution is 2.42. The summed E-state index contributed by atoms with van der Waals surface area (Å²) in [5.41, 5.74) is 0.969. The van der Waals surface area contributed by atoms with E-state index >= 15 is 0 Å². The van der Waals surface area contributed by atoms with E-state index < -0.39 is 0 Å². The molecule has 27 heavy (non-hydrogen) atoms. The SMILES string of the molecule is CCc1nc2sc(C(c3ccccc3Cl)N3CC(C)OC(C)C3)c(O)n2n1. The number of hydrogen-bond donors (Lipinski definition) is 1. The Morgan fingerprint density at radius 2 is 2.00 bits per heavy atom. The van der Waals surface area contributed by atoms with Gasteiger partial charge < -0.3 is 9.84 Å². The second-order valence-electron chi connectivity index (χ2n) is 7.00. The Bertz CT molecular complexity index is 946. The zero-order valence-electron chi connectivity index (χ0n) is 15.6. The van der Waals surface area contributed by atoms with Crippen LogP contribution in [-0.2, 0) is 11.2 Å². The lowest BCUT2D eigenvalue weighted by Crippen LogP contribution is -2.47. The fourth-order valence-electron chi connectivity index (χ4n) is 3.75. The molecule has 1 aliphatic heterocycles. The highest BCUT2D eigenvalue weighted by Gasteiger charge is 2.35. The predicted molar refractivity (Wildman–Crippen MR) is 107 cm³/mol. The van der Waals surface area contributed by atoms with Crippen LogP contribution in [0.25, 0.3) is 4.96 Å².